The number of Topliss-reactive ketones (excluding diaryl/α,β-unsaturated/α-hetero) is 2. The van der Waals surface area contributed by atoms with Crippen molar-refractivity contribution in [3.05, 3.63) is 98.5 Å². The Balaban J connectivity index is 0.932. The lowest BCUT2D eigenvalue weighted by Gasteiger charge is -2.40. The number of hydrogen-bond donors (Lipinski definition) is 3. The molecule has 3 aromatic carbocycles. The Labute approximate surface area is 476 Å². The Morgan fingerprint density at radius 2 is 1.55 bits per heavy atom. The van der Waals surface area contributed by atoms with Gasteiger partial charge in [0.1, 0.15) is 36.0 Å². The number of halogens is 1. The van der Waals surface area contributed by atoms with Gasteiger partial charge in [0.25, 0.3) is 0 Å². The van der Waals surface area contributed by atoms with Gasteiger partial charge in [-0.05, 0) is 95.5 Å². The molecule has 3 aliphatic rings. The van der Waals surface area contributed by atoms with Gasteiger partial charge in [-0.25, -0.2) is 29.1 Å². The summed E-state index contributed by atoms with van der Waals surface area (Å²) in [5, 5.41) is 8.29. The molecule has 5 amide bonds. The van der Waals surface area contributed by atoms with E-state index >= 15 is 0 Å². The third-order valence-electron chi connectivity index (χ3n) is 12.4. The van der Waals surface area contributed by atoms with Gasteiger partial charge < -0.3 is 43.4 Å². The Hall–Kier alpha value is -7.14. The summed E-state index contributed by atoms with van der Waals surface area (Å²) in [6.07, 6.45) is -0.543. The number of aryl methyl sites for hydroxylation is 1. The molecule has 0 unspecified atom stereocenters. The lowest BCUT2D eigenvalue weighted by atomic mass is 9.90. The summed E-state index contributed by atoms with van der Waals surface area (Å²) in [5.41, 5.74) is -0.914. The molecule has 0 saturated carbocycles. The molecule has 7 rings (SSSR count). The fourth-order valence-corrected chi connectivity index (χ4v) is 11.7. The van der Waals surface area contributed by atoms with Crippen molar-refractivity contribution in [1.82, 2.24) is 34.7 Å². The summed E-state index contributed by atoms with van der Waals surface area (Å²) in [4.78, 5) is 106. The summed E-state index contributed by atoms with van der Waals surface area (Å²) < 4.78 is 60.9. The highest BCUT2D eigenvalue weighted by Gasteiger charge is 2.66. The van der Waals surface area contributed by atoms with Crippen LogP contribution in [0.5, 0.6) is 23.0 Å². The first kappa shape index (κ1) is 60.5. The third-order valence-corrected chi connectivity index (χ3v) is 16.2. The van der Waals surface area contributed by atoms with Gasteiger partial charge in [-0.3, -0.25) is 24.1 Å². The first-order valence-electron chi connectivity index (χ1n) is 24.7. The van der Waals surface area contributed by atoms with Crippen LogP contribution < -0.4 is 33.8 Å². The van der Waals surface area contributed by atoms with Gasteiger partial charge in [-0.2, -0.15) is 8.42 Å². The Bertz CT molecular complexity index is 3160. The number of carbonyl (C=O) groups excluding carboxylic acids is 7. The maximum atomic E-state index is 14.0. The smallest absolute Gasteiger partial charge is 0.378 e. The number of β-lactam (4-membered cyclic amide) rings is 1. The Kier molecular flexibility index (Phi) is 19.0. The first-order valence-corrected chi connectivity index (χ1v) is 28.3. The maximum Gasteiger partial charge on any atom is 0.378 e. The van der Waals surface area contributed by atoms with Crippen LogP contribution in [-0.2, 0) is 56.8 Å². The zero-order valence-corrected chi connectivity index (χ0v) is 48.0. The number of rotatable bonds is 25. The number of aromatic nitrogens is 1. The van der Waals surface area contributed by atoms with Crippen molar-refractivity contribution in [1.29, 1.82) is 0 Å². The second-order valence-electron chi connectivity index (χ2n) is 19.8. The first-order chi connectivity index (χ1) is 37.8. The van der Waals surface area contributed by atoms with E-state index in [-0.39, 0.29) is 79.2 Å². The second-order valence-corrected chi connectivity index (χ2v) is 24.0. The van der Waals surface area contributed by atoms with E-state index in [0.717, 1.165) is 27.8 Å². The molecule has 4 heterocycles. The second kappa shape index (κ2) is 25.1. The number of benzene rings is 3. The van der Waals surface area contributed by atoms with Crippen LogP contribution in [0.25, 0.3) is 0 Å². The van der Waals surface area contributed by atoms with Crippen LogP contribution >= 0.6 is 34.7 Å². The van der Waals surface area contributed by atoms with Crippen molar-refractivity contribution in [2.75, 3.05) is 40.4 Å². The van der Waals surface area contributed by atoms with Crippen molar-refractivity contribution < 1.29 is 75.2 Å². The van der Waals surface area contributed by atoms with E-state index in [4.69, 9.17) is 48.2 Å². The van der Waals surface area contributed by atoms with E-state index in [1.165, 1.54) is 36.2 Å². The van der Waals surface area contributed by atoms with Crippen LogP contribution in [0, 0.1) is 12.8 Å². The van der Waals surface area contributed by atoms with Gasteiger partial charge in [-0.15, -0.1) is 16.2 Å². The zero-order chi connectivity index (χ0) is 58.3. The highest BCUT2D eigenvalue weighted by molar-refractivity contribution is 8.02. The van der Waals surface area contributed by atoms with Crippen LogP contribution in [0.1, 0.15) is 86.1 Å². The Morgan fingerprint density at radius 1 is 0.912 bits per heavy atom. The van der Waals surface area contributed by atoms with Crippen molar-refractivity contribution in [3.8, 4) is 23.0 Å². The lowest BCUT2D eigenvalue weighted by Crippen LogP contribution is -2.60. The minimum absolute atomic E-state index is 0.00578. The lowest BCUT2D eigenvalue weighted by molar-refractivity contribution is -0.179. The third kappa shape index (κ3) is 14.2. The van der Waals surface area contributed by atoms with Crippen LogP contribution in [0.3, 0.4) is 0 Å². The quantitative estimate of drug-likeness (QED) is 0.0143. The highest BCUT2D eigenvalue weighted by atomic mass is 35.5. The van der Waals surface area contributed by atoms with E-state index < -0.39 is 92.0 Å². The topological polar surface area (TPSA) is 289 Å². The molecule has 1 aromatic heterocycles. The number of fused-ring (bicyclic) bond motifs is 1. The molecule has 3 fully saturated rings. The van der Waals surface area contributed by atoms with Crippen LogP contribution in [-0.4, -0.2) is 145 Å². The number of oxime groups is 1. The van der Waals surface area contributed by atoms with E-state index in [1.54, 1.807) is 82.3 Å². The predicted octanol–water partition coefficient (Wildman–Crippen LogP) is 5.38. The molecule has 4 aromatic rings. The van der Waals surface area contributed by atoms with Gasteiger partial charge >= 0.3 is 42.3 Å². The number of nitrogens with one attached hydrogen (secondary N) is 3. The standard InChI is InChI=1S/C51H58BClN8O16S3/c1-29-55-36(27-78-29)41(56-77-50(5,6)45(65)75-49(2,3)4)38(63)24-35-43(64)59-28-51(46(66)76-52,79-44(35)59)60-22-23-61(48(60)68)58-80(69,70)57-47(67)54-21-9-10-37(62)34-19-20-39(73-25-30-11-15-32(71-7)16-12-30)42(40(34)53)74-26-31-13-17-33(72-8)18-14-31/h11-20,27,35,44,58H,9-10,21-26,28H2,1-8H3,(H2,54,57,67)/b56-41-/t35-,44-,51-/m1/s1. The van der Waals surface area contributed by atoms with Crippen LogP contribution in [0.15, 0.2) is 71.2 Å². The molecule has 0 spiro atoms. The van der Waals surface area contributed by atoms with Gasteiger partial charge in [0.2, 0.25) is 16.4 Å². The fraction of sp³-hybridized carbons (Fsp3) is 0.431. The number of carbonyl (C=O) groups is 7. The molecule has 426 valence electrons. The average molecular weight is 1180 g/mol. The largest absolute Gasteiger partial charge is 0.541 e. The molecule has 3 saturated heterocycles. The molecular weight excluding hydrogens is 1120 g/mol. The number of methoxy groups -OCH3 is 2. The minimum atomic E-state index is -4.81. The number of ether oxygens (including phenoxy) is 5. The summed E-state index contributed by atoms with van der Waals surface area (Å²) >= 11 is 8.85. The monoisotopic (exact) mass is 1180 g/mol. The number of hydrazine groups is 1. The van der Waals surface area contributed by atoms with Crippen molar-refractivity contribution in [3.63, 3.8) is 0 Å². The summed E-state index contributed by atoms with van der Waals surface area (Å²) in [6, 6.07) is 15.2. The van der Waals surface area contributed by atoms with E-state index in [1.807, 2.05) is 29.1 Å². The zero-order valence-electron chi connectivity index (χ0n) is 44.8. The van der Waals surface area contributed by atoms with Gasteiger partial charge in [-0.1, -0.05) is 52.8 Å². The molecule has 3 N–H and O–H groups in total. The number of nitrogens with zero attached hydrogens (tertiary/aromatic N) is 5. The molecular formula is C51H58BClN8O16S3. The van der Waals surface area contributed by atoms with Crippen LogP contribution in [0.4, 0.5) is 9.59 Å². The average Bonchev–Trinajstić information content (AvgIpc) is 4.25. The van der Waals surface area contributed by atoms with Crippen molar-refractivity contribution in [2.24, 2.45) is 11.1 Å². The number of amides is 5. The number of thiazole rings is 1. The van der Waals surface area contributed by atoms with Gasteiger partial charge in [0.15, 0.2) is 28.8 Å². The summed E-state index contributed by atoms with van der Waals surface area (Å²) in [6.45, 7) is 8.52. The van der Waals surface area contributed by atoms with E-state index in [9.17, 15) is 42.0 Å². The number of thioether (sulfide) groups is 1. The predicted molar refractivity (Wildman–Crippen MR) is 292 cm³/mol. The molecule has 2 radical (unpaired) electrons. The van der Waals surface area contributed by atoms with Crippen molar-refractivity contribution in [2.45, 2.75) is 95.5 Å². The molecule has 0 aliphatic carbocycles. The normalized spacial score (nSPS) is 18.2. The molecule has 0 bridgehead atoms. The van der Waals surface area contributed by atoms with Crippen LogP contribution in [0.2, 0.25) is 5.02 Å². The highest BCUT2D eigenvalue weighted by Crippen LogP contribution is 2.53. The number of ketones is 2. The SMILES string of the molecule is [B]OC(=O)[C@@]1(N2CCN(NS(=O)(=O)NC(=O)NCCCC(=O)c3ccc(OCc4ccc(OC)cc4)c(OCc4ccc(OC)cc4)c3Cl)C2=O)CN2C(=O)[C@@H](CC(=O)/C(=N\OC(C)(C)C(=O)OC(C)(C)C)c3csc(C)n3)[C@H]2S1. The number of hydrogen-bond acceptors (Lipinski definition) is 20. The van der Waals surface area contributed by atoms with Gasteiger partial charge in [0.05, 0.1) is 48.6 Å². The molecule has 24 nitrogen and oxygen atoms in total. The van der Waals surface area contributed by atoms with E-state index in [2.05, 4.69) is 20.1 Å². The Morgan fingerprint density at radius 3 is 2.14 bits per heavy atom. The van der Waals surface area contributed by atoms with Gasteiger partial charge in [0, 0.05) is 36.9 Å². The fourth-order valence-electron chi connectivity index (χ4n) is 8.27. The molecule has 3 atom stereocenters. The minimum Gasteiger partial charge on any atom is -0.541 e. The summed E-state index contributed by atoms with van der Waals surface area (Å²) in [7, 11) is 3.67. The number of urea groups is 2. The van der Waals surface area contributed by atoms with Crippen molar-refractivity contribution >= 4 is 100 Å². The molecule has 3 aliphatic heterocycles. The van der Waals surface area contributed by atoms with E-state index in [0.29, 0.717) is 21.5 Å². The molecule has 29 heteroatoms. The maximum absolute atomic E-state index is 14.0. The summed E-state index contributed by atoms with van der Waals surface area (Å²) in [5.74, 6) is -2.88. The number of esters is 1. The molecule has 80 heavy (non-hydrogen) atoms.